The molecule has 0 bridgehead atoms. The van der Waals surface area contributed by atoms with Gasteiger partial charge in [0.2, 0.25) is 0 Å². The maximum absolute atomic E-state index is 12.7. The summed E-state index contributed by atoms with van der Waals surface area (Å²) in [6.07, 6.45) is 7.02. The van der Waals surface area contributed by atoms with E-state index in [-0.39, 0.29) is 5.91 Å². The van der Waals surface area contributed by atoms with Crippen LogP contribution in [0.5, 0.6) is 0 Å². The summed E-state index contributed by atoms with van der Waals surface area (Å²) in [7, 11) is 0. The quantitative estimate of drug-likeness (QED) is 0.894. The molecule has 5 rings (SSSR count). The molecule has 2 aromatic rings. The van der Waals surface area contributed by atoms with Gasteiger partial charge in [0, 0.05) is 56.9 Å². The summed E-state index contributed by atoms with van der Waals surface area (Å²) >= 11 is 0. The van der Waals surface area contributed by atoms with Crippen LogP contribution in [0.25, 0.3) is 11.0 Å². The van der Waals surface area contributed by atoms with Gasteiger partial charge in [-0.2, -0.15) is 15.4 Å². The van der Waals surface area contributed by atoms with Gasteiger partial charge < -0.3 is 4.90 Å². The van der Waals surface area contributed by atoms with E-state index in [1.54, 1.807) is 0 Å². The highest BCUT2D eigenvalue weighted by Gasteiger charge is 2.37. The molecule has 3 fully saturated rings. The summed E-state index contributed by atoms with van der Waals surface area (Å²) < 4.78 is 0. The van der Waals surface area contributed by atoms with Gasteiger partial charge in [-0.25, -0.2) is 0 Å². The fourth-order valence-corrected chi connectivity index (χ4v) is 4.92. The van der Waals surface area contributed by atoms with Gasteiger partial charge in [0.15, 0.2) is 0 Å². The monoisotopic (exact) mass is 368 g/mol. The lowest BCUT2D eigenvalue weighted by Gasteiger charge is -2.49. The van der Waals surface area contributed by atoms with Crippen LogP contribution in [0.1, 0.15) is 42.5 Å². The molecular weight excluding hydrogens is 340 g/mol. The number of fused-ring (bicyclic) bond motifs is 1. The number of amides is 1. The number of nitrogens with zero attached hydrogens (tertiary/aromatic N) is 5. The highest BCUT2D eigenvalue weighted by Crippen LogP contribution is 2.25. The van der Waals surface area contributed by atoms with Crippen molar-refractivity contribution in [1.82, 2.24) is 30.1 Å². The van der Waals surface area contributed by atoms with Crippen molar-refractivity contribution in [3.8, 4) is 0 Å². The lowest BCUT2D eigenvalue weighted by Crippen LogP contribution is -2.64. The van der Waals surface area contributed by atoms with Crippen molar-refractivity contribution >= 4 is 16.9 Å². The number of benzene rings is 1. The van der Waals surface area contributed by atoms with Crippen LogP contribution in [0.15, 0.2) is 18.2 Å². The molecule has 0 radical (unpaired) electrons. The minimum atomic E-state index is 0.108. The number of piperazine rings is 1. The van der Waals surface area contributed by atoms with E-state index in [9.17, 15) is 4.79 Å². The Labute approximate surface area is 159 Å². The van der Waals surface area contributed by atoms with Crippen LogP contribution in [-0.2, 0) is 0 Å². The first-order valence-electron chi connectivity index (χ1n) is 10.4. The average molecular weight is 368 g/mol. The van der Waals surface area contributed by atoms with Gasteiger partial charge in [-0.1, -0.05) is 19.3 Å². The average Bonchev–Trinajstić information content (AvgIpc) is 3.16. The number of hydrogen-bond donors (Lipinski definition) is 1. The normalized spacial score (nSPS) is 23.6. The van der Waals surface area contributed by atoms with Gasteiger partial charge in [0.1, 0.15) is 11.0 Å². The molecule has 7 heteroatoms. The lowest BCUT2D eigenvalue weighted by molar-refractivity contribution is -0.00262. The van der Waals surface area contributed by atoms with Crippen molar-refractivity contribution in [1.29, 1.82) is 0 Å². The maximum Gasteiger partial charge on any atom is 0.254 e. The number of carbonyl (C=O) groups excluding carboxylic acids is 1. The van der Waals surface area contributed by atoms with Gasteiger partial charge in [0.05, 0.1) is 0 Å². The third-order valence-corrected chi connectivity index (χ3v) is 6.67. The highest BCUT2D eigenvalue weighted by atomic mass is 16.2. The predicted octanol–water partition coefficient (Wildman–Crippen LogP) is 1.73. The number of hydrogen-bond acceptors (Lipinski definition) is 5. The largest absolute Gasteiger partial charge is 0.335 e. The molecule has 144 valence electrons. The van der Waals surface area contributed by atoms with E-state index in [0.717, 1.165) is 43.3 Å². The molecule has 1 aromatic heterocycles. The Morgan fingerprint density at radius 3 is 2.30 bits per heavy atom. The predicted molar refractivity (Wildman–Crippen MR) is 104 cm³/mol. The van der Waals surface area contributed by atoms with Crippen LogP contribution in [0, 0.1) is 0 Å². The number of carbonyl (C=O) groups is 1. The van der Waals surface area contributed by atoms with Crippen molar-refractivity contribution in [2.24, 2.45) is 0 Å². The van der Waals surface area contributed by atoms with Crippen LogP contribution in [0.4, 0.5) is 0 Å². The van der Waals surface area contributed by atoms with Crippen molar-refractivity contribution in [2.45, 2.75) is 44.2 Å². The Hall–Kier alpha value is -1.99. The van der Waals surface area contributed by atoms with E-state index >= 15 is 0 Å². The molecule has 3 heterocycles. The first-order chi connectivity index (χ1) is 13.3. The van der Waals surface area contributed by atoms with Crippen LogP contribution in [0.3, 0.4) is 0 Å². The van der Waals surface area contributed by atoms with Crippen molar-refractivity contribution in [3.05, 3.63) is 23.8 Å². The molecular formula is C20H28N6O. The number of likely N-dealkylation sites (tertiary alicyclic amines) is 1. The van der Waals surface area contributed by atoms with Gasteiger partial charge in [-0.3, -0.25) is 14.6 Å². The summed E-state index contributed by atoms with van der Waals surface area (Å²) in [5, 5.41) is 10.7. The molecule has 1 N–H and O–H groups in total. The molecule has 1 aliphatic carbocycles. The fraction of sp³-hybridized carbons (Fsp3) is 0.650. The summed E-state index contributed by atoms with van der Waals surface area (Å²) in [6.45, 7) is 6.37. The molecule has 7 nitrogen and oxygen atoms in total. The number of aromatic amines is 1. The second-order valence-corrected chi connectivity index (χ2v) is 8.25. The minimum absolute atomic E-state index is 0.108. The minimum Gasteiger partial charge on any atom is -0.335 e. The smallest absolute Gasteiger partial charge is 0.254 e. The van der Waals surface area contributed by atoms with E-state index in [0.29, 0.717) is 11.6 Å². The Morgan fingerprint density at radius 1 is 0.889 bits per heavy atom. The molecule has 0 spiro atoms. The molecule has 2 saturated heterocycles. The second-order valence-electron chi connectivity index (χ2n) is 8.25. The third-order valence-electron chi connectivity index (χ3n) is 6.67. The fourth-order valence-electron chi connectivity index (χ4n) is 4.92. The molecule has 1 saturated carbocycles. The summed E-state index contributed by atoms with van der Waals surface area (Å²) in [6, 6.07) is 6.89. The van der Waals surface area contributed by atoms with Crippen LogP contribution >= 0.6 is 0 Å². The van der Waals surface area contributed by atoms with Gasteiger partial charge in [0.25, 0.3) is 5.91 Å². The SMILES string of the molecule is O=C(c1ccc2n[nH]nc2c1)N1CC(N2CCN(C3CCCCC3)CC2)C1. The molecule has 0 unspecified atom stereocenters. The number of rotatable bonds is 3. The third kappa shape index (κ3) is 3.34. The van der Waals surface area contributed by atoms with Crippen LogP contribution in [-0.4, -0.2) is 87.4 Å². The van der Waals surface area contributed by atoms with Crippen molar-refractivity contribution in [2.75, 3.05) is 39.3 Å². The van der Waals surface area contributed by atoms with E-state index in [4.69, 9.17) is 0 Å². The zero-order valence-electron chi connectivity index (χ0n) is 15.8. The number of aromatic nitrogens is 3. The zero-order chi connectivity index (χ0) is 18.2. The topological polar surface area (TPSA) is 68.4 Å². The van der Waals surface area contributed by atoms with Crippen molar-refractivity contribution < 1.29 is 4.79 Å². The molecule has 1 aromatic carbocycles. The maximum atomic E-state index is 12.7. The summed E-state index contributed by atoms with van der Waals surface area (Å²) in [4.78, 5) is 20.0. The summed E-state index contributed by atoms with van der Waals surface area (Å²) in [5.74, 6) is 0.108. The van der Waals surface area contributed by atoms with Gasteiger partial charge in [-0.05, 0) is 31.0 Å². The van der Waals surface area contributed by atoms with Crippen molar-refractivity contribution in [3.63, 3.8) is 0 Å². The Bertz CT molecular complexity index is 800. The van der Waals surface area contributed by atoms with Gasteiger partial charge >= 0.3 is 0 Å². The molecule has 1 amide bonds. The van der Waals surface area contributed by atoms with Gasteiger partial charge in [-0.15, -0.1) is 0 Å². The standard InChI is InChI=1S/C20H28N6O/c27-20(15-6-7-18-19(12-15)22-23-21-18)26-13-17(14-26)25-10-8-24(9-11-25)16-4-2-1-3-5-16/h6-7,12,16-17H,1-5,8-11,13-14H2,(H,21,22,23). The van der Waals surface area contributed by atoms with E-state index in [1.807, 2.05) is 23.1 Å². The molecule has 2 aliphatic heterocycles. The lowest BCUT2D eigenvalue weighted by atomic mass is 9.93. The molecule has 3 aliphatic rings. The second kappa shape index (κ2) is 7.20. The van der Waals surface area contributed by atoms with E-state index in [2.05, 4.69) is 25.2 Å². The Kier molecular flexibility index (Phi) is 4.57. The molecule has 0 atom stereocenters. The summed E-state index contributed by atoms with van der Waals surface area (Å²) in [5.41, 5.74) is 2.25. The van der Waals surface area contributed by atoms with Crippen LogP contribution in [0.2, 0.25) is 0 Å². The Morgan fingerprint density at radius 2 is 1.56 bits per heavy atom. The Balaban J connectivity index is 1.12. The molecule has 27 heavy (non-hydrogen) atoms. The zero-order valence-corrected chi connectivity index (χ0v) is 15.8. The van der Waals surface area contributed by atoms with E-state index < -0.39 is 0 Å². The first-order valence-corrected chi connectivity index (χ1v) is 10.4. The number of H-pyrrole nitrogens is 1. The number of nitrogens with one attached hydrogen (secondary N) is 1. The van der Waals surface area contributed by atoms with Crippen LogP contribution < -0.4 is 0 Å². The first kappa shape index (κ1) is 17.1. The van der Waals surface area contributed by atoms with E-state index in [1.165, 1.54) is 45.2 Å². The highest BCUT2D eigenvalue weighted by molar-refractivity contribution is 5.97.